The van der Waals surface area contributed by atoms with Crippen LogP contribution in [0.5, 0.6) is 17.2 Å². The molecular formula is C20H32N2O4. The van der Waals surface area contributed by atoms with E-state index in [0.717, 1.165) is 38.0 Å². The monoisotopic (exact) mass is 364 g/mol. The Balaban J connectivity index is 1.85. The first-order valence-corrected chi connectivity index (χ1v) is 9.41. The first-order chi connectivity index (χ1) is 12.6. The quantitative estimate of drug-likeness (QED) is 0.730. The number of benzene rings is 1. The second-order valence-corrected chi connectivity index (χ2v) is 6.72. The summed E-state index contributed by atoms with van der Waals surface area (Å²) < 4.78 is 16.1. The third kappa shape index (κ3) is 5.53. The molecule has 1 aliphatic heterocycles. The van der Waals surface area contributed by atoms with E-state index in [1.807, 2.05) is 12.1 Å². The van der Waals surface area contributed by atoms with Crippen LogP contribution in [-0.4, -0.2) is 57.8 Å². The number of nitrogens with one attached hydrogen (secondary N) is 1. The molecule has 6 nitrogen and oxygen atoms in total. The molecule has 146 valence electrons. The number of ether oxygens (including phenoxy) is 3. The van der Waals surface area contributed by atoms with Gasteiger partial charge >= 0.3 is 0 Å². The lowest BCUT2D eigenvalue weighted by Gasteiger charge is -2.32. The molecule has 1 saturated heterocycles. The Bertz CT molecular complexity index is 558. The molecule has 0 spiro atoms. The van der Waals surface area contributed by atoms with Crippen LogP contribution in [0.4, 0.5) is 0 Å². The van der Waals surface area contributed by atoms with Crippen molar-refractivity contribution in [2.24, 2.45) is 0 Å². The summed E-state index contributed by atoms with van der Waals surface area (Å²) in [4.78, 5) is 14.8. The fourth-order valence-corrected chi connectivity index (χ4v) is 3.45. The number of amides is 1. The molecule has 1 heterocycles. The van der Waals surface area contributed by atoms with Gasteiger partial charge in [0.15, 0.2) is 11.5 Å². The Morgan fingerprint density at radius 3 is 2.23 bits per heavy atom. The molecule has 6 heteroatoms. The van der Waals surface area contributed by atoms with Crippen molar-refractivity contribution in [2.75, 3.05) is 41.0 Å². The Labute approximate surface area is 156 Å². The van der Waals surface area contributed by atoms with Gasteiger partial charge in [0.2, 0.25) is 11.7 Å². The lowest BCUT2D eigenvalue weighted by Crippen LogP contribution is -2.44. The van der Waals surface area contributed by atoms with E-state index in [1.54, 1.807) is 21.3 Å². The van der Waals surface area contributed by atoms with Gasteiger partial charge in [-0.3, -0.25) is 4.79 Å². The van der Waals surface area contributed by atoms with E-state index in [-0.39, 0.29) is 5.91 Å². The maximum absolute atomic E-state index is 12.3. The third-order valence-corrected chi connectivity index (χ3v) is 4.86. The van der Waals surface area contributed by atoms with Crippen LogP contribution in [0.25, 0.3) is 0 Å². The van der Waals surface area contributed by atoms with Crippen LogP contribution in [0.2, 0.25) is 0 Å². The van der Waals surface area contributed by atoms with Crippen molar-refractivity contribution in [3.05, 3.63) is 17.7 Å². The second kappa shape index (κ2) is 10.3. The number of rotatable bonds is 9. The maximum atomic E-state index is 12.3. The molecule has 1 aromatic rings. The minimum Gasteiger partial charge on any atom is -0.493 e. The normalized spacial score (nSPS) is 15.5. The van der Waals surface area contributed by atoms with Crippen LogP contribution in [0.1, 0.15) is 38.2 Å². The largest absolute Gasteiger partial charge is 0.493 e. The minimum absolute atomic E-state index is 0.104. The number of likely N-dealkylation sites (tertiary alicyclic amines) is 1. The summed E-state index contributed by atoms with van der Waals surface area (Å²) in [5.41, 5.74) is 0.993. The first-order valence-electron chi connectivity index (χ1n) is 9.41. The van der Waals surface area contributed by atoms with Crippen LogP contribution in [0, 0.1) is 0 Å². The average molecular weight is 364 g/mol. The summed E-state index contributed by atoms with van der Waals surface area (Å²) in [6.07, 6.45) is 4.35. The van der Waals surface area contributed by atoms with Crippen molar-refractivity contribution in [2.45, 2.75) is 45.1 Å². The van der Waals surface area contributed by atoms with Crippen LogP contribution in [0.3, 0.4) is 0 Å². The van der Waals surface area contributed by atoms with Crippen LogP contribution >= 0.6 is 0 Å². The number of carbonyl (C=O) groups is 1. The fraction of sp³-hybridized carbons (Fsp3) is 0.650. The van der Waals surface area contributed by atoms with Gasteiger partial charge in [0.05, 0.1) is 21.3 Å². The highest BCUT2D eigenvalue weighted by molar-refractivity contribution is 5.76. The molecule has 0 aliphatic carbocycles. The standard InChI is InChI=1S/C20H32N2O4/c1-5-10-22-11-8-16(9-12-22)21-19(23)7-6-15-13-17(24-2)20(26-4)18(14-15)25-3/h13-14,16H,5-12H2,1-4H3,(H,21,23). The van der Waals surface area contributed by atoms with Gasteiger partial charge in [0, 0.05) is 25.6 Å². The summed E-state index contributed by atoms with van der Waals surface area (Å²) >= 11 is 0. The Kier molecular flexibility index (Phi) is 8.04. The van der Waals surface area contributed by atoms with Gasteiger partial charge < -0.3 is 24.4 Å². The molecule has 1 N–H and O–H groups in total. The predicted octanol–water partition coefficient (Wildman–Crippen LogP) is 2.64. The number of carbonyl (C=O) groups excluding carboxylic acids is 1. The Hall–Kier alpha value is -1.95. The van der Waals surface area contributed by atoms with E-state index in [0.29, 0.717) is 36.1 Å². The lowest BCUT2D eigenvalue weighted by atomic mass is 10.0. The number of aryl methyl sites for hydroxylation is 1. The molecule has 1 amide bonds. The molecule has 0 atom stereocenters. The lowest BCUT2D eigenvalue weighted by molar-refractivity contribution is -0.122. The van der Waals surface area contributed by atoms with Crippen LogP contribution in [-0.2, 0) is 11.2 Å². The smallest absolute Gasteiger partial charge is 0.220 e. The summed E-state index contributed by atoms with van der Waals surface area (Å²) in [6, 6.07) is 4.10. The van der Waals surface area contributed by atoms with Crippen LogP contribution < -0.4 is 19.5 Å². The van der Waals surface area contributed by atoms with Gasteiger partial charge in [-0.1, -0.05) is 6.92 Å². The highest BCUT2D eigenvalue weighted by Crippen LogP contribution is 2.38. The number of methoxy groups -OCH3 is 3. The van der Waals surface area contributed by atoms with E-state index >= 15 is 0 Å². The van der Waals surface area contributed by atoms with E-state index < -0.39 is 0 Å². The van der Waals surface area contributed by atoms with Crippen molar-refractivity contribution >= 4 is 5.91 Å². The van der Waals surface area contributed by atoms with Gasteiger partial charge in [0.25, 0.3) is 0 Å². The second-order valence-electron chi connectivity index (χ2n) is 6.72. The number of nitrogens with zero attached hydrogens (tertiary/aromatic N) is 1. The van der Waals surface area contributed by atoms with E-state index in [4.69, 9.17) is 14.2 Å². The van der Waals surface area contributed by atoms with Crippen molar-refractivity contribution in [1.29, 1.82) is 0 Å². The third-order valence-electron chi connectivity index (χ3n) is 4.86. The molecule has 0 unspecified atom stereocenters. The van der Waals surface area contributed by atoms with Crippen molar-refractivity contribution in [3.8, 4) is 17.2 Å². The van der Waals surface area contributed by atoms with Gasteiger partial charge in [-0.25, -0.2) is 0 Å². The zero-order valence-corrected chi connectivity index (χ0v) is 16.5. The minimum atomic E-state index is 0.104. The Morgan fingerprint density at radius 1 is 1.12 bits per heavy atom. The molecule has 0 bridgehead atoms. The highest BCUT2D eigenvalue weighted by atomic mass is 16.5. The van der Waals surface area contributed by atoms with Crippen molar-refractivity contribution < 1.29 is 19.0 Å². The molecule has 1 fully saturated rings. The zero-order chi connectivity index (χ0) is 18.9. The average Bonchev–Trinajstić information content (AvgIpc) is 2.67. The van der Waals surface area contributed by atoms with Gasteiger partial charge in [-0.05, 0) is 49.9 Å². The van der Waals surface area contributed by atoms with Crippen molar-refractivity contribution in [1.82, 2.24) is 10.2 Å². The molecular weight excluding hydrogens is 332 g/mol. The number of piperidine rings is 1. The van der Waals surface area contributed by atoms with E-state index in [2.05, 4.69) is 17.1 Å². The first kappa shape index (κ1) is 20.4. The van der Waals surface area contributed by atoms with E-state index in [1.165, 1.54) is 6.42 Å². The van der Waals surface area contributed by atoms with Gasteiger partial charge in [-0.2, -0.15) is 0 Å². The van der Waals surface area contributed by atoms with Gasteiger partial charge in [0.1, 0.15) is 0 Å². The van der Waals surface area contributed by atoms with Crippen LogP contribution in [0.15, 0.2) is 12.1 Å². The highest BCUT2D eigenvalue weighted by Gasteiger charge is 2.20. The van der Waals surface area contributed by atoms with Crippen molar-refractivity contribution in [3.63, 3.8) is 0 Å². The zero-order valence-electron chi connectivity index (χ0n) is 16.5. The molecule has 0 radical (unpaired) electrons. The van der Waals surface area contributed by atoms with E-state index in [9.17, 15) is 4.79 Å². The SMILES string of the molecule is CCCN1CCC(NC(=O)CCc2cc(OC)c(OC)c(OC)c2)CC1. The molecule has 1 aromatic carbocycles. The van der Waals surface area contributed by atoms with Gasteiger partial charge in [-0.15, -0.1) is 0 Å². The Morgan fingerprint density at radius 2 is 1.73 bits per heavy atom. The number of hydrogen-bond acceptors (Lipinski definition) is 5. The predicted molar refractivity (Wildman–Crippen MR) is 102 cm³/mol. The molecule has 0 aromatic heterocycles. The summed E-state index contributed by atoms with van der Waals surface area (Å²) in [6.45, 7) is 5.51. The number of hydrogen-bond donors (Lipinski definition) is 1. The fourth-order valence-electron chi connectivity index (χ4n) is 3.45. The topological polar surface area (TPSA) is 60.0 Å². The molecule has 1 aliphatic rings. The summed E-state index contributed by atoms with van der Waals surface area (Å²) in [5.74, 6) is 1.91. The maximum Gasteiger partial charge on any atom is 0.220 e. The molecule has 26 heavy (non-hydrogen) atoms. The summed E-state index contributed by atoms with van der Waals surface area (Å²) in [5, 5.41) is 3.18. The molecule has 0 saturated carbocycles. The molecule has 2 rings (SSSR count). The summed E-state index contributed by atoms with van der Waals surface area (Å²) in [7, 11) is 4.77.